The molecule has 0 spiro atoms. The smallest absolute Gasteiger partial charge is 0.0597 e. The van der Waals surface area contributed by atoms with E-state index in [1.165, 1.54) is 16.3 Å². The van der Waals surface area contributed by atoms with E-state index >= 15 is 0 Å². The second kappa shape index (κ2) is 3.76. The first-order chi connectivity index (χ1) is 7.84. The lowest BCUT2D eigenvalue weighted by Crippen LogP contribution is -2.48. The standard InChI is InChI=1S/C14H13ClO/c15-8-14(9-16-10-14)13-6-5-11-3-1-2-4-12(11)7-13/h1-7H,8-10H2. The van der Waals surface area contributed by atoms with Crippen LogP contribution in [0.3, 0.4) is 0 Å². The summed E-state index contributed by atoms with van der Waals surface area (Å²) in [7, 11) is 0. The number of ether oxygens (including phenoxy) is 1. The summed E-state index contributed by atoms with van der Waals surface area (Å²) in [5.74, 6) is 0.630. The Balaban J connectivity index is 2.11. The third-order valence-electron chi connectivity index (χ3n) is 3.37. The summed E-state index contributed by atoms with van der Waals surface area (Å²) in [6, 6.07) is 15.0. The number of alkyl halides is 1. The van der Waals surface area contributed by atoms with Crippen molar-refractivity contribution in [2.75, 3.05) is 19.1 Å². The topological polar surface area (TPSA) is 9.23 Å². The van der Waals surface area contributed by atoms with Crippen LogP contribution in [0, 0.1) is 0 Å². The van der Waals surface area contributed by atoms with Crippen molar-refractivity contribution >= 4 is 22.4 Å². The van der Waals surface area contributed by atoms with Crippen LogP contribution in [0.4, 0.5) is 0 Å². The van der Waals surface area contributed by atoms with Gasteiger partial charge in [0.2, 0.25) is 0 Å². The van der Waals surface area contributed by atoms with Crippen LogP contribution in [-0.2, 0) is 10.2 Å². The van der Waals surface area contributed by atoms with Gasteiger partial charge in [-0.25, -0.2) is 0 Å². The van der Waals surface area contributed by atoms with Crippen LogP contribution in [-0.4, -0.2) is 19.1 Å². The molecule has 0 unspecified atom stereocenters. The molecule has 82 valence electrons. The Morgan fingerprint density at radius 1 is 1.06 bits per heavy atom. The average Bonchev–Trinajstić information content (AvgIpc) is 2.28. The van der Waals surface area contributed by atoms with Crippen LogP contribution >= 0.6 is 11.6 Å². The predicted molar refractivity (Wildman–Crippen MR) is 67.2 cm³/mol. The van der Waals surface area contributed by atoms with E-state index in [1.807, 2.05) is 0 Å². The molecule has 16 heavy (non-hydrogen) atoms. The minimum atomic E-state index is 0.0472. The zero-order valence-corrected chi connectivity index (χ0v) is 9.70. The van der Waals surface area contributed by atoms with Crippen molar-refractivity contribution in [2.45, 2.75) is 5.41 Å². The van der Waals surface area contributed by atoms with Crippen molar-refractivity contribution in [3.63, 3.8) is 0 Å². The second-order valence-electron chi connectivity index (χ2n) is 4.47. The molecule has 0 aliphatic carbocycles. The number of rotatable bonds is 2. The van der Waals surface area contributed by atoms with E-state index in [4.69, 9.17) is 16.3 Å². The van der Waals surface area contributed by atoms with E-state index in [2.05, 4.69) is 42.5 Å². The molecule has 1 fully saturated rings. The van der Waals surface area contributed by atoms with E-state index in [0.29, 0.717) is 5.88 Å². The molecule has 1 saturated heterocycles. The molecule has 0 N–H and O–H groups in total. The van der Waals surface area contributed by atoms with E-state index in [-0.39, 0.29) is 5.41 Å². The number of halogens is 1. The highest BCUT2D eigenvalue weighted by molar-refractivity contribution is 6.18. The summed E-state index contributed by atoms with van der Waals surface area (Å²) in [5, 5.41) is 2.55. The summed E-state index contributed by atoms with van der Waals surface area (Å²) >= 11 is 6.07. The van der Waals surface area contributed by atoms with Crippen molar-refractivity contribution < 1.29 is 4.74 Å². The molecule has 2 aromatic rings. The van der Waals surface area contributed by atoms with Crippen molar-refractivity contribution in [3.05, 3.63) is 48.0 Å². The molecule has 0 amide bonds. The Bertz CT molecular complexity index is 511. The first-order valence-electron chi connectivity index (χ1n) is 5.47. The number of hydrogen-bond acceptors (Lipinski definition) is 1. The maximum atomic E-state index is 6.07. The van der Waals surface area contributed by atoms with Gasteiger partial charge in [-0.15, -0.1) is 11.6 Å². The molecule has 1 heterocycles. The van der Waals surface area contributed by atoms with Gasteiger partial charge >= 0.3 is 0 Å². The van der Waals surface area contributed by atoms with Gasteiger partial charge in [0, 0.05) is 5.88 Å². The number of hydrogen-bond donors (Lipinski definition) is 0. The lowest BCUT2D eigenvalue weighted by atomic mass is 9.80. The molecule has 0 aromatic heterocycles. The quantitative estimate of drug-likeness (QED) is 0.722. The van der Waals surface area contributed by atoms with Gasteiger partial charge in [0.25, 0.3) is 0 Å². The molecule has 0 radical (unpaired) electrons. The SMILES string of the molecule is ClCC1(c2ccc3ccccc3c2)COC1. The Morgan fingerprint density at radius 2 is 1.81 bits per heavy atom. The fourth-order valence-corrected chi connectivity index (χ4v) is 2.50. The summed E-state index contributed by atoms with van der Waals surface area (Å²) in [5.41, 5.74) is 1.35. The van der Waals surface area contributed by atoms with E-state index in [1.54, 1.807) is 0 Å². The molecule has 1 nitrogen and oxygen atoms in total. The molecule has 0 bridgehead atoms. The van der Waals surface area contributed by atoms with Gasteiger partial charge in [0.15, 0.2) is 0 Å². The summed E-state index contributed by atoms with van der Waals surface area (Å²) < 4.78 is 5.31. The Kier molecular flexibility index (Phi) is 2.38. The lowest BCUT2D eigenvalue weighted by Gasteiger charge is -2.40. The molecule has 1 aliphatic heterocycles. The van der Waals surface area contributed by atoms with Crippen LogP contribution in [0.25, 0.3) is 10.8 Å². The molecule has 3 rings (SSSR count). The molecular weight excluding hydrogens is 220 g/mol. The Morgan fingerprint density at radius 3 is 2.44 bits per heavy atom. The molecule has 0 atom stereocenters. The minimum Gasteiger partial charge on any atom is -0.379 e. The van der Waals surface area contributed by atoms with Crippen LogP contribution < -0.4 is 0 Å². The first kappa shape index (κ1) is 10.1. The average molecular weight is 233 g/mol. The highest BCUT2D eigenvalue weighted by atomic mass is 35.5. The van der Waals surface area contributed by atoms with Gasteiger partial charge in [-0.05, 0) is 16.3 Å². The summed E-state index contributed by atoms with van der Waals surface area (Å²) in [6.45, 7) is 1.49. The fraction of sp³-hybridized carbons (Fsp3) is 0.286. The first-order valence-corrected chi connectivity index (χ1v) is 6.01. The fourth-order valence-electron chi connectivity index (χ4n) is 2.19. The van der Waals surface area contributed by atoms with Crippen molar-refractivity contribution in [3.8, 4) is 0 Å². The summed E-state index contributed by atoms with van der Waals surface area (Å²) in [4.78, 5) is 0. The predicted octanol–water partition coefficient (Wildman–Crippen LogP) is 3.35. The minimum absolute atomic E-state index is 0.0472. The third-order valence-corrected chi connectivity index (χ3v) is 3.89. The van der Waals surface area contributed by atoms with Gasteiger partial charge in [-0.2, -0.15) is 0 Å². The van der Waals surface area contributed by atoms with Crippen molar-refractivity contribution in [1.29, 1.82) is 0 Å². The lowest BCUT2D eigenvalue weighted by molar-refractivity contribution is -0.0479. The van der Waals surface area contributed by atoms with Crippen LogP contribution in [0.1, 0.15) is 5.56 Å². The molecule has 2 aromatic carbocycles. The van der Waals surface area contributed by atoms with Gasteiger partial charge < -0.3 is 4.74 Å². The number of benzene rings is 2. The van der Waals surface area contributed by atoms with Crippen LogP contribution in [0.15, 0.2) is 42.5 Å². The molecule has 1 aliphatic rings. The van der Waals surface area contributed by atoms with E-state index < -0.39 is 0 Å². The third kappa shape index (κ3) is 1.43. The molecular formula is C14H13ClO. The maximum absolute atomic E-state index is 6.07. The largest absolute Gasteiger partial charge is 0.379 e. The number of fused-ring (bicyclic) bond motifs is 1. The highest BCUT2D eigenvalue weighted by Gasteiger charge is 2.39. The van der Waals surface area contributed by atoms with Crippen LogP contribution in [0.2, 0.25) is 0 Å². The Hall–Kier alpha value is -1.05. The zero-order chi connectivity index (χ0) is 11.0. The Labute approximate surface area is 100.0 Å². The van der Waals surface area contributed by atoms with Gasteiger partial charge in [-0.1, -0.05) is 42.5 Å². The van der Waals surface area contributed by atoms with Gasteiger partial charge in [0.05, 0.1) is 18.6 Å². The maximum Gasteiger partial charge on any atom is 0.0597 e. The highest BCUT2D eigenvalue weighted by Crippen LogP contribution is 2.35. The monoisotopic (exact) mass is 232 g/mol. The zero-order valence-electron chi connectivity index (χ0n) is 8.95. The van der Waals surface area contributed by atoms with E-state index in [9.17, 15) is 0 Å². The van der Waals surface area contributed by atoms with Crippen LogP contribution in [0.5, 0.6) is 0 Å². The molecule has 0 saturated carbocycles. The van der Waals surface area contributed by atoms with E-state index in [0.717, 1.165) is 13.2 Å². The van der Waals surface area contributed by atoms with Crippen molar-refractivity contribution in [1.82, 2.24) is 0 Å². The second-order valence-corrected chi connectivity index (χ2v) is 4.74. The molecule has 2 heteroatoms. The van der Waals surface area contributed by atoms with Crippen molar-refractivity contribution in [2.24, 2.45) is 0 Å². The summed E-state index contributed by atoms with van der Waals surface area (Å²) in [6.07, 6.45) is 0. The van der Waals surface area contributed by atoms with Gasteiger partial charge in [0.1, 0.15) is 0 Å². The normalized spacial score (nSPS) is 18.3. The van der Waals surface area contributed by atoms with Gasteiger partial charge in [-0.3, -0.25) is 0 Å².